The predicted molar refractivity (Wildman–Crippen MR) is 85.4 cm³/mol. The van der Waals surface area contributed by atoms with Gasteiger partial charge in [-0.15, -0.1) is 11.3 Å². The average Bonchev–Trinajstić information content (AvgIpc) is 3.05. The molecule has 3 rings (SSSR count). The summed E-state index contributed by atoms with van der Waals surface area (Å²) < 4.78 is 1.19. The van der Waals surface area contributed by atoms with Gasteiger partial charge in [-0.1, -0.05) is 13.3 Å². The van der Waals surface area contributed by atoms with Crippen molar-refractivity contribution >= 4 is 27.3 Å². The zero-order valence-corrected chi connectivity index (χ0v) is 13.9. The largest absolute Gasteiger partial charge is 0.326 e. The van der Waals surface area contributed by atoms with Crippen molar-refractivity contribution in [2.24, 2.45) is 17.6 Å². The summed E-state index contributed by atoms with van der Waals surface area (Å²) in [6.45, 7) is 4.73. The number of halogens is 1. The van der Waals surface area contributed by atoms with E-state index in [0.29, 0.717) is 6.04 Å². The summed E-state index contributed by atoms with van der Waals surface area (Å²) in [6.07, 6.45) is 5.36. The van der Waals surface area contributed by atoms with Crippen LogP contribution in [0, 0.1) is 11.8 Å². The lowest BCUT2D eigenvalue weighted by Gasteiger charge is -2.32. The first-order chi connectivity index (χ1) is 9.19. The smallest absolute Gasteiger partial charge is 0.0593 e. The first-order valence-electron chi connectivity index (χ1n) is 7.42. The molecule has 1 aliphatic carbocycles. The van der Waals surface area contributed by atoms with Gasteiger partial charge in [-0.2, -0.15) is 0 Å². The molecule has 1 saturated heterocycles. The second kappa shape index (κ2) is 5.84. The molecule has 0 spiro atoms. The van der Waals surface area contributed by atoms with E-state index in [1.54, 1.807) is 0 Å². The molecule has 1 aromatic heterocycles. The van der Waals surface area contributed by atoms with Gasteiger partial charge < -0.3 is 5.73 Å². The fourth-order valence-corrected chi connectivity index (χ4v) is 5.52. The Bertz CT molecular complexity index is 422. The molecule has 1 aromatic rings. The Labute approximate surface area is 128 Å². The van der Waals surface area contributed by atoms with Crippen LogP contribution in [-0.2, 0) is 0 Å². The highest BCUT2D eigenvalue weighted by Crippen LogP contribution is 2.43. The van der Waals surface area contributed by atoms with Crippen molar-refractivity contribution in [2.45, 2.75) is 44.7 Å². The summed E-state index contributed by atoms with van der Waals surface area (Å²) in [5, 5.41) is 2.18. The molecule has 2 nitrogen and oxygen atoms in total. The number of thiophene rings is 1. The third-order valence-corrected chi connectivity index (χ3v) is 6.67. The summed E-state index contributed by atoms with van der Waals surface area (Å²) in [5.41, 5.74) is 6.44. The monoisotopic (exact) mass is 342 g/mol. The highest BCUT2D eigenvalue weighted by atomic mass is 79.9. The van der Waals surface area contributed by atoms with E-state index in [0.717, 1.165) is 18.3 Å². The van der Waals surface area contributed by atoms with Crippen molar-refractivity contribution in [3.05, 3.63) is 20.8 Å². The highest BCUT2D eigenvalue weighted by molar-refractivity contribution is 9.10. The molecular weight excluding hydrogens is 320 g/mol. The molecule has 106 valence electrons. The van der Waals surface area contributed by atoms with Crippen LogP contribution in [0.2, 0.25) is 0 Å². The summed E-state index contributed by atoms with van der Waals surface area (Å²) in [6, 6.07) is 2.94. The zero-order chi connectivity index (χ0) is 13.4. The molecule has 2 N–H and O–H groups in total. The van der Waals surface area contributed by atoms with E-state index in [1.165, 1.54) is 41.7 Å². The van der Waals surface area contributed by atoms with Crippen molar-refractivity contribution in [1.29, 1.82) is 0 Å². The van der Waals surface area contributed by atoms with E-state index in [9.17, 15) is 0 Å². The second-order valence-electron chi connectivity index (χ2n) is 6.09. The maximum absolute atomic E-state index is 6.44. The highest BCUT2D eigenvalue weighted by Gasteiger charge is 2.40. The van der Waals surface area contributed by atoms with Crippen LogP contribution in [-0.4, -0.2) is 24.0 Å². The van der Waals surface area contributed by atoms with Crippen LogP contribution in [0.3, 0.4) is 0 Å². The molecule has 4 unspecified atom stereocenters. The number of likely N-dealkylation sites (tertiary alicyclic amines) is 1. The lowest BCUT2D eigenvalue weighted by Crippen LogP contribution is -2.39. The van der Waals surface area contributed by atoms with Gasteiger partial charge in [0, 0.05) is 33.9 Å². The van der Waals surface area contributed by atoms with Crippen molar-refractivity contribution in [3.8, 4) is 0 Å². The van der Waals surface area contributed by atoms with Crippen molar-refractivity contribution < 1.29 is 0 Å². The Balaban J connectivity index is 1.80. The van der Waals surface area contributed by atoms with Gasteiger partial charge in [0.05, 0.1) is 6.04 Å². The molecule has 0 bridgehead atoms. The van der Waals surface area contributed by atoms with Crippen molar-refractivity contribution in [1.82, 2.24) is 4.90 Å². The van der Waals surface area contributed by atoms with Crippen LogP contribution < -0.4 is 5.73 Å². The topological polar surface area (TPSA) is 29.3 Å². The number of nitrogens with zero attached hydrogens (tertiary/aromatic N) is 1. The summed E-state index contributed by atoms with van der Waals surface area (Å²) in [4.78, 5) is 4.10. The maximum atomic E-state index is 6.44. The molecule has 0 radical (unpaired) electrons. The summed E-state index contributed by atoms with van der Waals surface area (Å²) in [7, 11) is 0. The second-order valence-corrected chi connectivity index (χ2v) is 7.95. The van der Waals surface area contributed by atoms with Gasteiger partial charge in [-0.25, -0.2) is 0 Å². The standard InChI is InChI=1S/C15H23BrN2S/c1-2-13(17)15(14-6-12(16)9-19-14)18-7-10-4-3-5-11(10)8-18/h6,9-11,13,15H,2-5,7-8,17H2,1H3. The minimum Gasteiger partial charge on any atom is -0.326 e. The minimum atomic E-state index is 0.254. The molecular formula is C15H23BrN2S. The van der Waals surface area contributed by atoms with Gasteiger partial charge in [0.2, 0.25) is 0 Å². The fraction of sp³-hybridized carbons (Fsp3) is 0.733. The van der Waals surface area contributed by atoms with Gasteiger partial charge in [0.15, 0.2) is 0 Å². The van der Waals surface area contributed by atoms with E-state index in [4.69, 9.17) is 5.73 Å². The van der Waals surface area contributed by atoms with E-state index < -0.39 is 0 Å². The summed E-state index contributed by atoms with van der Waals surface area (Å²) in [5.74, 6) is 1.88. The molecule has 1 aliphatic heterocycles. The third kappa shape index (κ3) is 2.78. The number of fused-ring (bicyclic) bond motifs is 1. The van der Waals surface area contributed by atoms with Crippen LogP contribution in [0.15, 0.2) is 15.9 Å². The van der Waals surface area contributed by atoms with Crippen LogP contribution in [0.5, 0.6) is 0 Å². The Morgan fingerprint density at radius 2 is 2.11 bits per heavy atom. The minimum absolute atomic E-state index is 0.254. The Morgan fingerprint density at radius 3 is 2.63 bits per heavy atom. The third-order valence-electron chi connectivity index (χ3n) is 4.90. The molecule has 2 fully saturated rings. The number of hydrogen-bond acceptors (Lipinski definition) is 3. The first-order valence-corrected chi connectivity index (χ1v) is 9.10. The molecule has 0 aromatic carbocycles. The number of rotatable bonds is 4. The fourth-order valence-electron chi connectivity index (χ4n) is 3.87. The molecule has 4 atom stereocenters. The normalized spacial score (nSPS) is 30.5. The number of hydrogen-bond donors (Lipinski definition) is 1. The van der Waals surface area contributed by atoms with Crippen molar-refractivity contribution in [3.63, 3.8) is 0 Å². The van der Waals surface area contributed by atoms with Gasteiger partial charge in [0.1, 0.15) is 0 Å². The Morgan fingerprint density at radius 1 is 1.42 bits per heavy atom. The van der Waals surface area contributed by atoms with Gasteiger partial charge in [0.25, 0.3) is 0 Å². The van der Waals surface area contributed by atoms with Gasteiger partial charge in [-0.3, -0.25) is 4.90 Å². The molecule has 2 heterocycles. The molecule has 19 heavy (non-hydrogen) atoms. The van der Waals surface area contributed by atoms with Crippen LogP contribution in [0.4, 0.5) is 0 Å². The summed E-state index contributed by atoms with van der Waals surface area (Å²) >= 11 is 5.43. The van der Waals surface area contributed by atoms with E-state index in [-0.39, 0.29) is 6.04 Å². The zero-order valence-electron chi connectivity index (χ0n) is 11.5. The predicted octanol–water partition coefficient (Wildman–Crippen LogP) is 4.02. The first kappa shape index (κ1) is 14.1. The van der Waals surface area contributed by atoms with Gasteiger partial charge in [-0.05, 0) is 53.1 Å². The molecule has 0 amide bonds. The van der Waals surface area contributed by atoms with Crippen molar-refractivity contribution in [2.75, 3.05) is 13.1 Å². The lowest BCUT2D eigenvalue weighted by molar-refractivity contribution is 0.197. The Kier molecular flexibility index (Phi) is 4.32. The van der Waals surface area contributed by atoms with E-state index in [1.807, 2.05) is 11.3 Å². The van der Waals surface area contributed by atoms with Gasteiger partial charge >= 0.3 is 0 Å². The molecule has 4 heteroatoms. The molecule has 1 saturated carbocycles. The maximum Gasteiger partial charge on any atom is 0.0593 e. The van der Waals surface area contributed by atoms with Crippen LogP contribution >= 0.6 is 27.3 Å². The lowest BCUT2D eigenvalue weighted by atomic mass is 10.0. The average molecular weight is 343 g/mol. The SMILES string of the molecule is CCC(N)C(c1cc(Br)cs1)N1CC2CCCC2C1. The van der Waals surface area contributed by atoms with Crippen LogP contribution in [0.25, 0.3) is 0 Å². The van der Waals surface area contributed by atoms with E-state index in [2.05, 4.69) is 39.2 Å². The van der Waals surface area contributed by atoms with Crippen LogP contribution in [0.1, 0.15) is 43.5 Å². The number of nitrogens with two attached hydrogens (primary N) is 1. The van der Waals surface area contributed by atoms with E-state index >= 15 is 0 Å². The molecule has 2 aliphatic rings. The Hall–Kier alpha value is 0.1000. The quantitative estimate of drug-likeness (QED) is 0.895.